The van der Waals surface area contributed by atoms with Crippen LogP contribution >= 0.6 is 11.3 Å². The second kappa shape index (κ2) is 10.3. The van der Waals surface area contributed by atoms with Gasteiger partial charge in [0.2, 0.25) is 0 Å². The van der Waals surface area contributed by atoms with Gasteiger partial charge in [-0.3, -0.25) is 0 Å². The van der Waals surface area contributed by atoms with Crippen LogP contribution < -0.4 is 4.90 Å². The van der Waals surface area contributed by atoms with Gasteiger partial charge in [0.05, 0.1) is 11.4 Å². The van der Waals surface area contributed by atoms with Gasteiger partial charge in [-0.2, -0.15) is 0 Å². The first-order chi connectivity index (χ1) is 20.8. The minimum Gasteiger partial charge on any atom is -0.309 e. The van der Waals surface area contributed by atoms with Gasteiger partial charge in [-0.1, -0.05) is 121 Å². The SMILES string of the molecule is c1ccc(-c2ccc(-c3ccc4ccccc4c3)cc2N(c2ccccc2)c2cccc3sc4ccccc4c23)cc1. The predicted molar refractivity (Wildman–Crippen MR) is 182 cm³/mol. The molecular formula is C40H27NS. The van der Waals surface area contributed by atoms with E-state index in [9.17, 15) is 0 Å². The summed E-state index contributed by atoms with van der Waals surface area (Å²) in [5.74, 6) is 0. The van der Waals surface area contributed by atoms with E-state index in [4.69, 9.17) is 0 Å². The first-order valence-corrected chi connectivity index (χ1v) is 15.1. The fourth-order valence-electron chi connectivity index (χ4n) is 6.05. The minimum absolute atomic E-state index is 1.13. The van der Waals surface area contributed by atoms with E-state index in [1.54, 1.807) is 0 Å². The van der Waals surface area contributed by atoms with Gasteiger partial charge in [0.25, 0.3) is 0 Å². The molecule has 0 N–H and O–H groups in total. The summed E-state index contributed by atoms with van der Waals surface area (Å²) in [4.78, 5) is 2.45. The van der Waals surface area contributed by atoms with Gasteiger partial charge in [-0.15, -0.1) is 11.3 Å². The molecule has 42 heavy (non-hydrogen) atoms. The van der Waals surface area contributed by atoms with Crippen LogP contribution in [0.1, 0.15) is 0 Å². The van der Waals surface area contributed by atoms with Crippen LogP contribution in [0.4, 0.5) is 17.1 Å². The van der Waals surface area contributed by atoms with Crippen molar-refractivity contribution in [3.63, 3.8) is 0 Å². The number of rotatable bonds is 5. The van der Waals surface area contributed by atoms with Gasteiger partial charge >= 0.3 is 0 Å². The Morgan fingerprint density at radius 3 is 1.93 bits per heavy atom. The normalized spacial score (nSPS) is 11.3. The molecule has 0 saturated heterocycles. The molecule has 0 amide bonds. The maximum atomic E-state index is 2.45. The van der Waals surface area contributed by atoms with Crippen LogP contribution in [0.2, 0.25) is 0 Å². The first-order valence-electron chi connectivity index (χ1n) is 14.3. The second-order valence-corrected chi connectivity index (χ2v) is 11.7. The van der Waals surface area contributed by atoms with Crippen molar-refractivity contribution < 1.29 is 0 Å². The lowest BCUT2D eigenvalue weighted by Crippen LogP contribution is -2.11. The lowest BCUT2D eigenvalue weighted by molar-refractivity contribution is 1.30. The number of fused-ring (bicyclic) bond motifs is 4. The number of para-hydroxylation sites is 1. The van der Waals surface area contributed by atoms with E-state index in [0.29, 0.717) is 0 Å². The monoisotopic (exact) mass is 553 g/mol. The van der Waals surface area contributed by atoms with Gasteiger partial charge in [0.1, 0.15) is 0 Å². The molecule has 1 heterocycles. The molecule has 0 radical (unpaired) electrons. The van der Waals surface area contributed by atoms with Crippen LogP contribution in [0, 0.1) is 0 Å². The second-order valence-electron chi connectivity index (χ2n) is 10.6. The zero-order valence-corrected chi connectivity index (χ0v) is 23.8. The van der Waals surface area contributed by atoms with E-state index in [2.05, 4.69) is 169 Å². The molecule has 1 nitrogen and oxygen atoms in total. The van der Waals surface area contributed by atoms with Gasteiger partial charge in [0.15, 0.2) is 0 Å². The quantitative estimate of drug-likeness (QED) is 0.205. The lowest BCUT2D eigenvalue weighted by atomic mass is 9.95. The smallest absolute Gasteiger partial charge is 0.0555 e. The molecule has 7 aromatic carbocycles. The molecule has 8 aromatic rings. The van der Waals surface area contributed by atoms with Crippen molar-refractivity contribution >= 4 is 59.3 Å². The molecule has 0 spiro atoms. The van der Waals surface area contributed by atoms with Crippen molar-refractivity contribution in [2.45, 2.75) is 0 Å². The van der Waals surface area contributed by atoms with Crippen LogP contribution in [0.5, 0.6) is 0 Å². The maximum absolute atomic E-state index is 2.45. The molecule has 0 atom stereocenters. The van der Waals surface area contributed by atoms with E-state index >= 15 is 0 Å². The van der Waals surface area contributed by atoms with Crippen molar-refractivity contribution in [1.29, 1.82) is 0 Å². The summed E-state index contributed by atoms with van der Waals surface area (Å²) in [7, 11) is 0. The number of thiophene rings is 1. The number of benzene rings is 7. The molecule has 198 valence electrons. The van der Waals surface area contributed by atoms with Crippen LogP contribution in [-0.4, -0.2) is 0 Å². The van der Waals surface area contributed by atoms with Crippen LogP contribution in [-0.2, 0) is 0 Å². The third-order valence-electron chi connectivity index (χ3n) is 8.04. The molecule has 8 rings (SSSR count). The molecule has 0 aliphatic rings. The molecular weight excluding hydrogens is 527 g/mol. The topological polar surface area (TPSA) is 3.24 Å². The summed E-state index contributed by atoms with van der Waals surface area (Å²) in [6.45, 7) is 0. The first kappa shape index (κ1) is 24.6. The Morgan fingerprint density at radius 1 is 0.405 bits per heavy atom. The molecule has 0 aliphatic carbocycles. The molecule has 0 aliphatic heterocycles. The van der Waals surface area contributed by atoms with E-state index in [1.807, 2.05) is 11.3 Å². The average molecular weight is 554 g/mol. The van der Waals surface area contributed by atoms with Crippen LogP contribution in [0.15, 0.2) is 164 Å². The third kappa shape index (κ3) is 4.25. The van der Waals surface area contributed by atoms with Crippen molar-refractivity contribution in [3.8, 4) is 22.3 Å². The third-order valence-corrected chi connectivity index (χ3v) is 9.18. The highest BCUT2D eigenvalue weighted by Crippen LogP contribution is 2.48. The predicted octanol–water partition coefficient (Wildman–Crippen LogP) is 12.0. The van der Waals surface area contributed by atoms with Crippen LogP contribution in [0.25, 0.3) is 53.2 Å². The molecule has 0 unspecified atom stereocenters. The zero-order chi connectivity index (χ0) is 27.9. The Kier molecular flexibility index (Phi) is 6.05. The summed E-state index contributed by atoms with van der Waals surface area (Å²) >= 11 is 1.86. The fraction of sp³-hybridized carbons (Fsp3) is 0. The van der Waals surface area contributed by atoms with Crippen molar-refractivity contribution in [2.75, 3.05) is 4.90 Å². The molecule has 0 fully saturated rings. The van der Waals surface area contributed by atoms with Gasteiger partial charge in [0, 0.05) is 31.4 Å². The van der Waals surface area contributed by atoms with Gasteiger partial charge in [-0.25, -0.2) is 0 Å². The maximum Gasteiger partial charge on any atom is 0.0555 e. The molecule has 0 bridgehead atoms. The van der Waals surface area contributed by atoms with E-state index in [-0.39, 0.29) is 0 Å². The fourth-order valence-corrected chi connectivity index (χ4v) is 7.18. The average Bonchev–Trinajstić information content (AvgIpc) is 3.45. The number of hydrogen-bond donors (Lipinski definition) is 0. The Bertz CT molecular complexity index is 2200. The molecule has 0 saturated carbocycles. The number of hydrogen-bond acceptors (Lipinski definition) is 2. The standard InChI is InChI=1S/C40H27NS/c1-3-13-29(14-4-1)34-25-24-32(31-23-22-28-12-7-8-15-30(28)26-31)27-37(34)41(33-16-5-2-6-17-33)36-19-11-21-39-40(36)35-18-9-10-20-38(35)42-39/h1-27H. The van der Waals surface area contributed by atoms with Crippen molar-refractivity contribution in [1.82, 2.24) is 0 Å². The summed E-state index contributed by atoms with van der Waals surface area (Å²) in [5.41, 5.74) is 8.26. The van der Waals surface area contributed by atoms with Crippen molar-refractivity contribution in [2.24, 2.45) is 0 Å². The number of nitrogens with zero attached hydrogens (tertiary/aromatic N) is 1. The van der Waals surface area contributed by atoms with Gasteiger partial charge in [-0.05, 0) is 69.9 Å². The van der Waals surface area contributed by atoms with Gasteiger partial charge < -0.3 is 4.90 Å². The minimum atomic E-state index is 1.13. The van der Waals surface area contributed by atoms with Crippen molar-refractivity contribution in [3.05, 3.63) is 164 Å². The Labute approximate surface area is 249 Å². The van der Waals surface area contributed by atoms with E-state index < -0.39 is 0 Å². The Balaban J connectivity index is 1.43. The number of anilines is 3. The highest BCUT2D eigenvalue weighted by Gasteiger charge is 2.21. The lowest BCUT2D eigenvalue weighted by Gasteiger charge is -2.29. The van der Waals surface area contributed by atoms with Crippen LogP contribution in [0.3, 0.4) is 0 Å². The highest BCUT2D eigenvalue weighted by molar-refractivity contribution is 7.26. The summed E-state index contributed by atoms with van der Waals surface area (Å²) in [5, 5.41) is 5.08. The molecule has 1 aromatic heterocycles. The van der Waals surface area contributed by atoms with E-state index in [0.717, 1.165) is 11.4 Å². The summed E-state index contributed by atoms with van der Waals surface area (Å²) < 4.78 is 2.60. The Morgan fingerprint density at radius 2 is 1.07 bits per heavy atom. The Hall–Kier alpha value is -5.18. The largest absolute Gasteiger partial charge is 0.309 e. The summed E-state index contributed by atoms with van der Waals surface area (Å²) in [6, 6.07) is 59.2. The summed E-state index contributed by atoms with van der Waals surface area (Å²) in [6.07, 6.45) is 0. The highest BCUT2D eigenvalue weighted by atomic mass is 32.1. The van der Waals surface area contributed by atoms with E-state index in [1.165, 1.54) is 58.9 Å². The molecule has 2 heteroatoms. The zero-order valence-electron chi connectivity index (χ0n) is 22.9.